The minimum Gasteiger partial charge on any atom is -0.506 e. The molecule has 0 amide bonds. The van der Waals surface area contributed by atoms with Gasteiger partial charge in [-0.15, -0.1) is 0 Å². The Hall–Kier alpha value is -3.69. The zero-order valence-corrected chi connectivity index (χ0v) is 27.2. The second-order valence-electron chi connectivity index (χ2n) is 11.7. The number of aliphatic hydroxyl groups excluding tert-OH is 1. The van der Waals surface area contributed by atoms with Crippen LogP contribution in [0.4, 0.5) is 11.4 Å². The number of ether oxygens (including phenoxy) is 1. The molecule has 2 aliphatic rings. The van der Waals surface area contributed by atoms with Gasteiger partial charge in [0.15, 0.2) is 0 Å². The van der Waals surface area contributed by atoms with E-state index < -0.39 is 38.2 Å². The molecule has 46 heavy (non-hydrogen) atoms. The van der Waals surface area contributed by atoms with E-state index in [1.807, 2.05) is 30.3 Å². The Labute approximate surface area is 270 Å². The average Bonchev–Trinajstić information content (AvgIpc) is 3.55. The number of piperidine rings is 1. The van der Waals surface area contributed by atoms with Crippen LogP contribution in [0.15, 0.2) is 77.7 Å². The number of rotatable bonds is 12. The molecule has 248 valence electrons. The number of benzene rings is 3. The first-order valence-corrected chi connectivity index (χ1v) is 18.5. The predicted molar refractivity (Wildman–Crippen MR) is 174 cm³/mol. The largest absolute Gasteiger partial charge is 0.506 e. The third kappa shape index (κ3) is 8.36. The van der Waals surface area contributed by atoms with Crippen molar-refractivity contribution in [3.8, 4) is 5.75 Å². The van der Waals surface area contributed by atoms with Crippen molar-refractivity contribution >= 4 is 37.4 Å². The summed E-state index contributed by atoms with van der Waals surface area (Å²) in [7, 11) is -7.48. The van der Waals surface area contributed by atoms with E-state index in [0.29, 0.717) is 18.4 Å². The third-order valence-electron chi connectivity index (χ3n) is 8.30. The van der Waals surface area contributed by atoms with Gasteiger partial charge >= 0.3 is 5.97 Å². The first kappa shape index (κ1) is 33.7. The molecule has 2 aliphatic heterocycles. The molecule has 4 N–H and O–H groups in total. The van der Waals surface area contributed by atoms with Gasteiger partial charge in [-0.25, -0.2) is 16.8 Å². The van der Waals surface area contributed by atoms with Crippen LogP contribution in [0.1, 0.15) is 42.9 Å². The monoisotopic (exact) mass is 672 g/mol. The van der Waals surface area contributed by atoms with Gasteiger partial charge in [0.25, 0.3) is 0 Å². The van der Waals surface area contributed by atoms with Gasteiger partial charge in [-0.3, -0.25) is 9.52 Å². The zero-order chi connectivity index (χ0) is 32.9. The number of nitrogens with one attached hydrogen (secondary N) is 2. The Morgan fingerprint density at radius 2 is 1.65 bits per heavy atom. The molecule has 2 fully saturated rings. The molecule has 0 bridgehead atoms. The predicted octanol–water partition coefficient (Wildman–Crippen LogP) is 2.95. The number of phenolic OH excluding ortho intramolecular Hbond substituents is 1. The standard InChI is InChI=1S/C32H40N4O8S2/c1-45(40,41)34-28-20-24(9-14-30(28)37)31(38)21-33-25-15-18-35(19-16-25)26-10-12-27(13-11-26)46(42,43)36-17-5-8-29(36)32(39)44-22-23-6-3-2-4-7-23/h2-4,6-7,9-14,20,25,29,31,33-34,37-38H,5,8,15-19,21-22H2,1H3. The average molecular weight is 673 g/mol. The lowest BCUT2D eigenvalue weighted by molar-refractivity contribution is -0.148. The summed E-state index contributed by atoms with van der Waals surface area (Å²) in [6.45, 7) is 2.05. The van der Waals surface area contributed by atoms with Crippen molar-refractivity contribution in [1.29, 1.82) is 0 Å². The fourth-order valence-electron chi connectivity index (χ4n) is 5.83. The van der Waals surface area contributed by atoms with Gasteiger partial charge in [0.2, 0.25) is 20.0 Å². The van der Waals surface area contributed by atoms with E-state index >= 15 is 0 Å². The van der Waals surface area contributed by atoms with Gasteiger partial charge in [-0.2, -0.15) is 4.31 Å². The molecule has 0 aliphatic carbocycles. The van der Waals surface area contributed by atoms with Crippen LogP contribution >= 0.6 is 0 Å². The number of carbonyl (C=O) groups is 1. The minimum absolute atomic E-state index is 0.00719. The molecule has 0 saturated carbocycles. The molecule has 12 nitrogen and oxygen atoms in total. The summed E-state index contributed by atoms with van der Waals surface area (Å²) >= 11 is 0. The van der Waals surface area contributed by atoms with Crippen molar-refractivity contribution in [2.45, 2.75) is 55.4 Å². The molecular formula is C32H40N4O8S2. The Kier molecular flexibility index (Phi) is 10.5. The minimum atomic E-state index is -3.89. The molecule has 3 aromatic carbocycles. The molecule has 2 atom stereocenters. The third-order valence-corrected chi connectivity index (χ3v) is 10.8. The number of carbonyl (C=O) groups excluding carboxylic acids is 1. The Morgan fingerprint density at radius 1 is 0.957 bits per heavy atom. The maximum atomic E-state index is 13.5. The Balaban J connectivity index is 1.12. The van der Waals surface area contributed by atoms with Crippen LogP contribution in [0, 0.1) is 0 Å². The highest BCUT2D eigenvalue weighted by Gasteiger charge is 2.40. The first-order valence-electron chi connectivity index (χ1n) is 15.2. The molecular weight excluding hydrogens is 633 g/mol. The van der Waals surface area contributed by atoms with Gasteiger partial charge < -0.3 is 25.2 Å². The molecule has 3 aromatic rings. The number of esters is 1. The van der Waals surface area contributed by atoms with Gasteiger partial charge in [-0.1, -0.05) is 36.4 Å². The summed E-state index contributed by atoms with van der Waals surface area (Å²) < 4.78 is 59.1. The number of hydrogen-bond donors (Lipinski definition) is 4. The summed E-state index contributed by atoms with van der Waals surface area (Å²) in [6.07, 6.45) is 2.67. The smallest absolute Gasteiger partial charge is 0.324 e. The van der Waals surface area contributed by atoms with E-state index in [4.69, 9.17) is 4.74 Å². The van der Waals surface area contributed by atoms with E-state index in [1.165, 1.54) is 16.4 Å². The first-order chi connectivity index (χ1) is 21.9. The molecule has 0 radical (unpaired) electrons. The second-order valence-corrected chi connectivity index (χ2v) is 15.3. The van der Waals surface area contributed by atoms with E-state index in [-0.39, 0.29) is 42.1 Å². The SMILES string of the molecule is CS(=O)(=O)Nc1cc(C(O)CNC2CCN(c3ccc(S(=O)(=O)N4CCCC4C(=O)OCc4ccccc4)cc3)CC2)ccc1O. The van der Waals surface area contributed by atoms with Crippen LogP contribution in [0.2, 0.25) is 0 Å². The van der Waals surface area contributed by atoms with Gasteiger partial charge in [0.05, 0.1) is 22.9 Å². The maximum absolute atomic E-state index is 13.5. The van der Waals surface area contributed by atoms with Gasteiger partial charge in [0, 0.05) is 37.9 Å². The highest BCUT2D eigenvalue weighted by Crippen LogP contribution is 2.30. The van der Waals surface area contributed by atoms with E-state index in [1.54, 1.807) is 30.3 Å². The van der Waals surface area contributed by atoms with Crippen LogP contribution in [0.25, 0.3) is 0 Å². The lowest BCUT2D eigenvalue weighted by atomic mass is 10.0. The highest BCUT2D eigenvalue weighted by molar-refractivity contribution is 7.92. The molecule has 2 unspecified atom stereocenters. The summed E-state index contributed by atoms with van der Waals surface area (Å²) in [4.78, 5) is 15.1. The van der Waals surface area contributed by atoms with E-state index in [2.05, 4.69) is 14.9 Å². The Bertz CT molecular complexity index is 1710. The van der Waals surface area contributed by atoms with Crippen molar-refractivity contribution in [2.24, 2.45) is 0 Å². The quantitative estimate of drug-likeness (QED) is 0.166. The summed E-state index contributed by atoms with van der Waals surface area (Å²) in [5.41, 5.74) is 2.21. The molecule has 0 spiro atoms. The normalized spacial score (nSPS) is 18.7. The topological polar surface area (TPSA) is 166 Å². The highest BCUT2D eigenvalue weighted by atomic mass is 32.2. The summed E-state index contributed by atoms with van der Waals surface area (Å²) in [6, 6.07) is 19.6. The van der Waals surface area contributed by atoms with Crippen molar-refractivity contribution in [3.63, 3.8) is 0 Å². The number of sulfonamides is 2. The Morgan fingerprint density at radius 3 is 2.33 bits per heavy atom. The lowest BCUT2D eigenvalue weighted by Gasteiger charge is -2.34. The summed E-state index contributed by atoms with van der Waals surface area (Å²) in [5.74, 6) is -0.769. The number of anilines is 2. The van der Waals surface area contributed by atoms with Crippen LogP contribution in [-0.4, -0.2) is 81.8 Å². The van der Waals surface area contributed by atoms with E-state index in [9.17, 15) is 31.8 Å². The van der Waals surface area contributed by atoms with Crippen LogP contribution in [0.3, 0.4) is 0 Å². The number of nitrogens with zero attached hydrogens (tertiary/aromatic N) is 2. The van der Waals surface area contributed by atoms with Crippen molar-refractivity contribution in [1.82, 2.24) is 9.62 Å². The van der Waals surface area contributed by atoms with Crippen LogP contribution < -0.4 is 14.9 Å². The van der Waals surface area contributed by atoms with Crippen molar-refractivity contribution in [3.05, 3.63) is 83.9 Å². The number of aromatic hydroxyl groups is 1. The van der Waals surface area contributed by atoms with Gasteiger partial charge in [-0.05, 0) is 73.2 Å². The summed E-state index contributed by atoms with van der Waals surface area (Å²) in [5, 5.41) is 24.0. The fourth-order valence-corrected chi connectivity index (χ4v) is 8.04. The van der Waals surface area contributed by atoms with Crippen LogP contribution in [-0.2, 0) is 36.2 Å². The molecule has 2 heterocycles. The molecule has 2 saturated heterocycles. The van der Waals surface area contributed by atoms with Crippen LogP contribution in [0.5, 0.6) is 5.75 Å². The molecule has 14 heteroatoms. The number of aliphatic hydroxyl groups is 1. The lowest BCUT2D eigenvalue weighted by Crippen LogP contribution is -2.43. The van der Waals surface area contributed by atoms with Crippen molar-refractivity contribution in [2.75, 3.05) is 42.1 Å². The number of phenols is 1. The van der Waals surface area contributed by atoms with Crippen molar-refractivity contribution < 1.29 is 36.6 Å². The second kappa shape index (κ2) is 14.4. The zero-order valence-electron chi connectivity index (χ0n) is 25.6. The number of hydrogen-bond acceptors (Lipinski definition) is 10. The fraction of sp³-hybridized carbons (Fsp3) is 0.406. The maximum Gasteiger partial charge on any atom is 0.324 e. The van der Waals surface area contributed by atoms with E-state index in [0.717, 1.165) is 43.4 Å². The molecule has 0 aromatic heterocycles. The molecule has 5 rings (SSSR count). The van der Waals surface area contributed by atoms with Gasteiger partial charge in [0.1, 0.15) is 18.4 Å².